The highest BCUT2D eigenvalue weighted by atomic mass is 16.5. The number of nitrogens with zero attached hydrogens (tertiary/aromatic N) is 1. The molecule has 1 aromatic carbocycles. The highest BCUT2D eigenvalue weighted by molar-refractivity contribution is 6.01. The minimum atomic E-state index is -0.657. The second-order valence-corrected chi connectivity index (χ2v) is 5.97. The first-order valence-electron chi connectivity index (χ1n) is 8.52. The lowest BCUT2D eigenvalue weighted by molar-refractivity contribution is 0.0468. The molecule has 2 rings (SSSR count). The zero-order valence-electron chi connectivity index (χ0n) is 15.9. The molecule has 6 heteroatoms. The van der Waals surface area contributed by atoms with Crippen LogP contribution in [0.1, 0.15) is 45.4 Å². The van der Waals surface area contributed by atoms with Gasteiger partial charge in [0.05, 0.1) is 14.2 Å². The minimum absolute atomic E-state index is 0.168. The molecule has 1 heterocycles. The Morgan fingerprint density at radius 3 is 2.23 bits per heavy atom. The summed E-state index contributed by atoms with van der Waals surface area (Å²) in [5.41, 5.74) is 2.66. The Balaban J connectivity index is 2.16. The highest BCUT2D eigenvalue weighted by Crippen LogP contribution is 2.29. The van der Waals surface area contributed by atoms with Crippen molar-refractivity contribution in [1.29, 1.82) is 0 Å². The molecule has 0 spiro atoms. The number of ketones is 1. The van der Waals surface area contributed by atoms with Crippen LogP contribution in [-0.4, -0.2) is 37.1 Å². The van der Waals surface area contributed by atoms with Crippen LogP contribution in [0, 0.1) is 13.8 Å². The minimum Gasteiger partial charge on any atom is -0.496 e. The fraction of sp³-hybridized carbons (Fsp3) is 0.400. The molecule has 0 radical (unpaired) electrons. The third-order valence-corrected chi connectivity index (χ3v) is 4.29. The fourth-order valence-electron chi connectivity index (χ4n) is 2.98. The van der Waals surface area contributed by atoms with E-state index in [1.54, 1.807) is 18.2 Å². The molecule has 0 saturated heterocycles. The van der Waals surface area contributed by atoms with Crippen molar-refractivity contribution in [3.05, 3.63) is 46.8 Å². The number of Topliss-reactive ketones (excluding diaryl/α,β-unsaturated/α-hetero) is 1. The number of aromatic nitrogens is 1. The first kappa shape index (κ1) is 19.6. The quantitative estimate of drug-likeness (QED) is 0.532. The van der Waals surface area contributed by atoms with Crippen LogP contribution in [0.2, 0.25) is 0 Å². The topological polar surface area (TPSA) is 66.8 Å². The van der Waals surface area contributed by atoms with Gasteiger partial charge in [-0.2, -0.15) is 0 Å². The second kappa shape index (κ2) is 8.56. The zero-order valence-corrected chi connectivity index (χ0v) is 15.9. The standard InChI is InChI=1S/C20H25NO5/c1-6-10-21-13(2)11-15(14(21)3)16(22)12-26-20(23)19-17(24-4)8-7-9-18(19)25-5/h7-9,11H,6,10,12H2,1-5H3. The van der Waals surface area contributed by atoms with Crippen molar-refractivity contribution in [1.82, 2.24) is 4.57 Å². The summed E-state index contributed by atoms with van der Waals surface area (Å²) in [7, 11) is 2.92. The lowest BCUT2D eigenvalue weighted by atomic mass is 10.1. The Bertz CT molecular complexity index is 785. The van der Waals surface area contributed by atoms with Crippen LogP contribution in [-0.2, 0) is 11.3 Å². The van der Waals surface area contributed by atoms with E-state index >= 15 is 0 Å². The van der Waals surface area contributed by atoms with Gasteiger partial charge in [0.1, 0.15) is 17.1 Å². The molecule has 0 fully saturated rings. The molecule has 0 N–H and O–H groups in total. The van der Waals surface area contributed by atoms with Gasteiger partial charge < -0.3 is 18.8 Å². The van der Waals surface area contributed by atoms with Crippen LogP contribution in [0.15, 0.2) is 24.3 Å². The summed E-state index contributed by atoms with van der Waals surface area (Å²) in [4.78, 5) is 25.0. The van der Waals surface area contributed by atoms with Gasteiger partial charge in [0.15, 0.2) is 6.61 Å². The van der Waals surface area contributed by atoms with E-state index in [1.807, 2.05) is 19.9 Å². The Labute approximate surface area is 153 Å². The molecule has 0 amide bonds. The molecule has 2 aromatic rings. The largest absolute Gasteiger partial charge is 0.496 e. The number of esters is 1. The summed E-state index contributed by atoms with van der Waals surface area (Å²) >= 11 is 0. The van der Waals surface area contributed by atoms with Gasteiger partial charge in [-0.25, -0.2) is 4.79 Å². The molecule has 0 saturated carbocycles. The molecule has 1 aromatic heterocycles. The Morgan fingerprint density at radius 1 is 1.08 bits per heavy atom. The smallest absolute Gasteiger partial charge is 0.346 e. The molecular formula is C20H25NO5. The van der Waals surface area contributed by atoms with Crippen molar-refractivity contribution in [2.75, 3.05) is 20.8 Å². The van der Waals surface area contributed by atoms with Gasteiger partial charge in [-0.1, -0.05) is 13.0 Å². The van der Waals surface area contributed by atoms with Crippen molar-refractivity contribution in [3.8, 4) is 11.5 Å². The Hall–Kier alpha value is -2.76. The van der Waals surface area contributed by atoms with Crippen LogP contribution in [0.4, 0.5) is 0 Å². The normalized spacial score (nSPS) is 10.5. The van der Waals surface area contributed by atoms with Crippen LogP contribution in [0.3, 0.4) is 0 Å². The zero-order chi connectivity index (χ0) is 19.3. The maximum atomic E-state index is 12.5. The highest BCUT2D eigenvalue weighted by Gasteiger charge is 2.22. The predicted octanol–water partition coefficient (Wildman–Crippen LogP) is 3.57. The molecule has 0 bridgehead atoms. The number of methoxy groups -OCH3 is 2. The summed E-state index contributed by atoms with van der Waals surface area (Å²) in [5, 5.41) is 0. The summed E-state index contributed by atoms with van der Waals surface area (Å²) < 4.78 is 17.7. The van der Waals surface area contributed by atoms with Crippen LogP contribution >= 0.6 is 0 Å². The summed E-state index contributed by atoms with van der Waals surface area (Å²) in [6, 6.07) is 6.83. The van der Waals surface area contributed by atoms with E-state index in [1.165, 1.54) is 14.2 Å². The van der Waals surface area contributed by atoms with Crippen LogP contribution < -0.4 is 9.47 Å². The maximum absolute atomic E-state index is 12.5. The van der Waals surface area contributed by atoms with Crippen molar-refractivity contribution in [3.63, 3.8) is 0 Å². The average molecular weight is 359 g/mol. The number of carbonyl (C=O) groups excluding carboxylic acids is 2. The predicted molar refractivity (Wildman–Crippen MR) is 98.4 cm³/mol. The Kier molecular flexibility index (Phi) is 6.44. The molecule has 6 nitrogen and oxygen atoms in total. The molecule has 140 valence electrons. The van der Waals surface area contributed by atoms with E-state index in [9.17, 15) is 9.59 Å². The van der Waals surface area contributed by atoms with Gasteiger partial charge >= 0.3 is 5.97 Å². The van der Waals surface area contributed by atoms with Crippen molar-refractivity contribution < 1.29 is 23.8 Å². The average Bonchev–Trinajstić information content (AvgIpc) is 2.93. The van der Waals surface area contributed by atoms with Crippen LogP contribution in [0.5, 0.6) is 11.5 Å². The number of rotatable bonds is 8. The Morgan fingerprint density at radius 2 is 1.69 bits per heavy atom. The molecule has 26 heavy (non-hydrogen) atoms. The molecular weight excluding hydrogens is 334 g/mol. The third-order valence-electron chi connectivity index (χ3n) is 4.29. The van der Waals surface area contributed by atoms with E-state index in [-0.39, 0.29) is 18.0 Å². The number of ether oxygens (including phenoxy) is 3. The van der Waals surface area contributed by atoms with Crippen molar-refractivity contribution in [2.45, 2.75) is 33.7 Å². The van der Waals surface area contributed by atoms with Gasteiger partial charge in [-0.15, -0.1) is 0 Å². The van der Waals surface area contributed by atoms with E-state index in [0.29, 0.717) is 17.1 Å². The molecule has 0 aliphatic carbocycles. The molecule has 0 unspecified atom stereocenters. The monoisotopic (exact) mass is 359 g/mol. The fourth-order valence-corrected chi connectivity index (χ4v) is 2.98. The number of hydrogen-bond acceptors (Lipinski definition) is 5. The van der Waals surface area contributed by atoms with Gasteiger partial charge in [0.2, 0.25) is 5.78 Å². The van der Waals surface area contributed by atoms with E-state index in [2.05, 4.69) is 11.5 Å². The van der Waals surface area contributed by atoms with Crippen molar-refractivity contribution in [2.24, 2.45) is 0 Å². The third kappa shape index (κ3) is 3.90. The lowest BCUT2D eigenvalue weighted by Crippen LogP contribution is -2.16. The molecule has 0 atom stereocenters. The maximum Gasteiger partial charge on any atom is 0.346 e. The number of hydrogen-bond donors (Lipinski definition) is 0. The molecule has 0 aliphatic rings. The van der Waals surface area contributed by atoms with E-state index < -0.39 is 5.97 Å². The van der Waals surface area contributed by atoms with Crippen LogP contribution in [0.25, 0.3) is 0 Å². The number of carbonyl (C=O) groups is 2. The van der Waals surface area contributed by atoms with E-state index in [4.69, 9.17) is 14.2 Å². The summed E-state index contributed by atoms with van der Waals surface area (Å²) in [6.07, 6.45) is 0.979. The first-order chi connectivity index (χ1) is 12.4. The lowest BCUT2D eigenvalue weighted by Gasteiger charge is -2.12. The van der Waals surface area contributed by atoms with Gasteiger partial charge in [0.25, 0.3) is 0 Å². The van der Waals surface area contributed by atoms with E-state index in [0.717, 1.165) is 24.4 Å². The molecule has 0 aliphatic heterocycles. The van der Waals surface area contributed by atoms with Gasteiger partial charge in [0, 0.05) is 23.5 Å². The first-order valence-corrected chi connectivity index (χ1v) is 8.52. The van der Waals surface area contributed by atoms with Gasteiger partial charge in [-0.05, 0) is 38.5 Å². The summed E-state index contributed by atoms with van der Waals surface area (Å²) in [6.45, 7) is 6.47. The number of aryl methyl sites for hydroxylation is 1. The summed E-state index contributed by atoms with van der Waals surface area (Å²) in [5.74, 6) is -0.219. The van der Waals surface area contributed by atoms with Crippen molar-refractivity contribution >= 4 is 11.8 Å². The number of benzene rings is 1. The SMILES string of the molecule is CCCn1c(C)cc(C(=O)COC(=O)c2c(OC)cccc2OC)c1C. The second-order valence-electron chi connectivity index (χ2n) is 5.97. The van der Waals surface area contributed by atoms with Gasteiger partial charge in [-0.3, -0.25) is 4.79 Å².